The van der Waals surface area contributed by atoms with Gasteiger partial charge in [0.25, 0.3) is 0 Å². The van der Waals surface area contributed by atoms with Gasteiger partial charge in [-0.15, -0.1) is 0 Å². The van der Waals surface area contributed by atoms with Crippen molar-refractivity contribution in [1.82, 2.24) is 10.3 Å². The number of hydrogen-bond acceptors (Lipinski definition) is 3. The Labute approximate surface area is 54.5 Å². The lowest BCUT2D eigenvalue weighted by molar-refractivity contribution is 0.354. The molecule has 2 aliphatic rings. The van der Waals surface area contributed by atoms with Crippen LogP contribution in [-0.4, -0.2) is 31.2 Å². The van der Waals surface area contributed by atoms with E-state index < -0.39 is 0 Å². The monoisotopic (exact) mass is 125 g/mol. The van der Waals surface area contributed by atoms with Crippen molar-refractivity contribution in [3.63, 3.8) is 0 Å². The van der Waals surface area contributed by atoms with Crippen LogP contribution >= 0.6 is 0 Å². The van der Waals surface area contributed by atoms with Gasteiger partial charge in [-0.2, -0.15) is 0 Å². The summed E-state index contributed by atoms with van der Waals surface area (Å²) in [7, 11) is 0. The highest BCUT2D eigenvalue weighted by Gasteiger charge is 2.22. The highest BCUT2D eigenvalue weighted by atomic mass is 15.4. The lowest BCUT2D eigenvalue weighted by atomic mass is 10.2. The first-order valence-electron chi connectivity index (χ1n) is 3.26. The van der Waals surface area contributed by atoms with Crippen LogP contribution in [0.4, 0.5) is 0 Å². The second-order valence-electron chi connectivity index (χ2n) is 2.72. The van der Waals surface area contributed by atoms with Gasteiger partial charge in [-0.1, -0.05) is 0 Å². The fraction of sp³-hybridized carbons (Fsp3) is 0.667. The van der Waals surface area contributed by atoms with Gasteiger partial charge in [-0.05, 0) is 11.1 Å². The van der Waals surface area contributed by atoms with Crippen LogP contribution in [0.15, 0.2) is 11.1 Å². The van der Waals surface area contributed by atoms with E-state index >= 15 is 0 Å². The zero-order valence-corrected chi connectivity index (χ0v) is 5.35. The van der Waals surface area contributed by atoms with E-state index in [1.54, 1.807) is 0 Å². The highest BCUT2D eigenvalue weighted by molar-refractivity contribution is 5.29. The van der Waals surface area contributed by atoms with Crippen LogP contribution < -0.4 is 11.2 Å². The van der Waals surface area contributed by atoms with E-state index in [0.717, 1.165) is 26.2 Å². The minimum Gasteiger partial charge on any atom is -0.309 e. The lowest BCUT2D eigenvalue weighted by Crippen LogP contribution is -2.32. The number of rotatable bonds is 0. The summed E-state index contributed by atoms with van der Waals surface area (Å²) in [5.41, 5.74) is 3.02. The Hall–Kier alpha value is -0.380. The third-order valence-electron chi connectivity index (χ3n) is 1.96. The molecule has 0 aromatic carbocycles. The molecule has 0 spiro atoms. The van der Waals surface area contributed by atoms with Crippen molar-refractivity contribution in [3.05, 3.63) is 11.1 Å². The van der Waals surface area contributed by atoms with E-state index in [-0.39, 0.29) is 0 Å². The van der Waals surface area contributed by atoms with Gasteiger partial charge in [0.1, 0.15) is 0 Å². The van der Waals surface area contributed by atoms with Crippen LogP contribution in [0, 0.1) is 0 Å². The van der Waals surface area contributed by atoms with Gasteiger partial charge >= 0.3 is 0 Å². The lowest BCUT2D eigenvalue weighted by Gasteiger charge is -2.08. The minimum atomic E-state index is 0.975. The molecule has 50 valence electrons. The summed E-state index contributed by atoms with van der Waals surface area (Å²) in [6.45, 7) is 4.07. The van der Waals surface area contributed by atoms with Crippen LogP contribution in [0.25, 0.3) is 0 Å². The third kappa shape index (κ3) is 0.775. The smallest absolute Gasteiger partial charge is 0.0358 e. The molecule has 0 amide bonds. The molecule has 9 heavy (non-hydrogen) atoms. The maximum Gasteiger partial charge on any atom is 0.0358 e. The third-order valence-corrected chi connectivity index (χ3v) is 1.96. The second-order valence-corrected chi connectivity index (χ2v) is 2.72. The van der Waals surface area contributed by atoms with E-state index in [0.29, 0.717) is 0 Å². The Morgan fingerprint density at radius 2 is 1.78 bits per heavy atom. The van der Waals surface area contributed by atoms with Gasteiger partial charge in [0.2, 0.25) is 0 Å². The summed E-state index contributed by atoms with van der Waals surface area (Å²) >= 11 is 0. The van der Waals surface area contributed by atoms with Crippen molar-refractivity contribution < 1.29 is 0 Å². The fourth-order valence-corrected chi connectivity index (χ4v) is 1.50. The fourth-order valence-electron chi connectivity index (χ4n) is 1.50. The molecule has 0 saturated carbocycles. The Bertz CT molecular complexity index is 146. The zero-order valence-electron chi connectivity index (χ0n) is 5.35. The molecule has 0 atom stereocenters. The predicted octanol–water partition coefficient (Wildman–Crippen LogP) is -0.925. The van der Waals surface area contributed by atoms with Crippen molar-refractivity contribution in [2.24, 2.45) is 5.84 Å². The van der Waals surface area contributed by atoms with E-state index in [1.807, 2.05) is 5.01 Å². The predicted molar refractivity (Wildman–Crippen MR) is 35.7 cm³/mol. The summed E-state index contributed by atoms with van der Waals surface area (Å²) < 4.78 is 0. The van der Waals surface area contributed by atoms with Crippen molar-refractivity contribution >= 4 is 0 Å². The molecule has 0 bridgehead atoms. The van der Waals surface area contributed by atoms with E-state index in [2.05, 4.69) is 5.32 Å². The molecule has 0 radical (unpaired) electrons. The number of nitrogens with one attached hydrogen (secondary N) is 1. The maximum absolute atomic E-state index is 5.59. The Kier molecular flexibility index (Phi) is 1.08. The second kappa shape index (κ2) is 1.80. The standard InChI is InChI=1S/C6H11N3/c7-9-3-5-1-8-2-6(5)4-9/h8H,1-4,7H2. The quantitative estimate of drug-likeness (QED) is 0.325. The molecule has 0 fully saturated rings. The average molecular weight is 125 g/mol. The molecule has 2 aliphatic heterocycles. The Morgan fingerprint density at radius 1 is 1.22 bits per heavy atom. The molecule has 2 rings (SSSR count). The van der Waals surface area contributed by atoms with Gasteiger partial charge in [-0.3, -0.25) is 5.84 Å². The number of hydrogen-bond donors (Lipinski definition) is 2. The SMILES string of the molecule is NN1CC2=C(CNC2)C1. The molecule has 0 unspecified atom stereocenters. The highest BCUT2D eigenvalue weighted by Crippen LogP contribution is 2.16. The van der Waals surface area contributed by atoms with Crippen LogP contribution in [0.2, 0.25) is 0 Å². The summed E-state index contributed by atoms with van der Waals surface area (Å²) in [6, 6.07) is 0. The Balaban J connectivity index is 2.15. The first-order chi connectivity index (χ1) is 4.36. The van der Waals surface area contributed by atoms with Crippen molar-refractivity contribution in [2.75, 3.05) is 26.2 Å². The van der Waals surface area contributed by atoms with E-state index in [4.69, 9.17) is 5.84 Å². The number of nitrogens with zero attached hydrogens (tertiary/aromatic N) is 1. The summed E-state index contributed by atoms with van der Waals surface area (Å²) in [6.07, 6.45) is 0. The maximum atomic E-state index is 5.59. The van der Waals surface area contributed by atoms with Gasteiger partial charge in [-0.25, -0.2) is 5.01 Å². The van der Waals surface area contributed by atoms with Crippen molar-refractivity contribution in [3.8, 4) is 0 Å². The van der Waals surface area contributed by atoms with Crippen molar-refractivity contribution in [1.29, 1.82) is 0 Å². The molecule has 3 nitrogen and oxygen atoms in total. The largest absolute Gasteiger partial charge is 0.309 e. The van der Waals surface area contributed by atoms with Crippen LogP contribution in [0.5, 0.6) is 0 Å². The summed E-state index contributed by atoms with van der Waals surface area (Å²) in [4.78, 5) is 0. The molecule has 0 aliphatic carbocycles. The molecule has 0 aromatic heterocycles. The van der Waals surface area contributed by atoms with Crippen LogP contribution in [0.3, 0.4) is 0 Å². The molecule has 2 heterocycles. The number of nitrogens with two attached hydrogens (primary N) is 1. The molecular weight excluding hydrogens is 114 g/mol. The first kappa shape index (κ1) is 5.41. The summed E-state index contributed by atoms with van der Waals surface area (Å²) in [5, 5.41) is 5.16. The molecule has 3 N–H and O–H groups in total. The number of hydrazine groups is 1. The topological polar surface area (TPSA) is 41.3 Å². The molecular formula is C6H11N3. The molecule has 0 aromatic rings. The molecule has 0 saturated heterocycles. The first-order valence-corrected chi connectivity index (χ1v) is 3.26. The van der Waals surface area contributed by atoms with Gasteiger partial charge in [0.05, 0.1) is 0 Å². The van der Waals surface area contributed by atoms with Crippen LogP contribution in [0.1, 0.15) is 0 Å². The van der Waals surface area contributed by atoms with Crippen molar-refractivity contribution in [2.45, 2.75) is 0 Å². The molecule has 3 heteroatoms. The average Bonchev–Trinajstić information content (AvgIpc) is 2.22. The zero-order chi connectivity index (χ0) is 6.27. The minimum absolute atomic E-state index is 0.975. The Morgan fingerprint density at radius 3 is 2.33 bits per heavy atom. The van der Waals surface area contributed by atoms with E-state index in [9.17, 15) is 0 Å². The summed E-state index contributed by atoms with van der Waals surface area (Å²) in [5.74, 6) is 5.59. The van der Waals surface area contributed by atoms with Crippen LogP contribution in [-0.2, 0) is 0 Å². The normalized spacial score (nSPS) is 27.7. The van der Waals surface area contributed by atoms with Gasteiger partial charge in [0, 0.05) is 26.2 Å². The van der Waals surface area contributed by atoms with Gasteiger partial charge in [0.15, 0.2) is 0 Å². The van der Waals surface area contributed by atoms with E-state index in [1.165, 1.54) is 11.1 Å². The van der Waals surface area contributed by atoms with Gasteiger partial charge < -0.3 is 5.32 Å².